The molecule has 0 nitrogen and oxygen atoms in total. The second-order valence-electron chi connectivity index (χ2n) is 2.06. The van der Waals surface area contributed by atoms with Crippen LogP contribution >= 0.6 is 11.6 Å². The zero-order valence-corrected chi connectivity index (χ0v) is 8.27. The summed E-state index contributed by atoms with van der Waals surface area (Å²) in [5.41, 5.74) is 1.36. The summed E-state index contributed by atoms with van der Waals surface area (Å²) in [5, 5.41) is 2.04. The van der Waals surface area contributed by atoms with E-state index in [4.69, 9.17) is 11.6 Å². The van der Waals surface area contributed by atoms with Gasteiger partial charge in [0.05, 0.1) is 0 Å². The van der Waals surface area contributed by atoms with Gasteiger partial charge in [-0.15, -0.1) is 0 Å². The zero-order valence-electron chi connectivity index (χ0n) is 5.80. The third kappa shape index (κ3) is 2.34. The summed E-state index contributed by atoms with van der Waals surface area (Å²) in [5.74, 6) is 2.23. The number of hydrogen-bond donors (Lipinski definition) is 0. The first-order valence-corrected chi connectivity index (χ1v) is 6.36. The van der Waals surface area contributed by atoms with Gasteiger partial charge in [0.15, 0.2) is 0 Å². The van der Waals surface area contributed by atoms with Crippen LogP contribution in [-0.2, 0) is 5.32 Å². The third-order valence-electron chi connectivity index (χ3n) is 1.20. The molecule has 0 bridgehead atoms. The number of halogens is 1. The summed E-state index contributed by atoms with van der Waals surface area (Å²) in [6.07, 6.45) is 0. The van der Waals surface area contributed by atoms with Crippen LogP contribution in [0, 0.1) is 0 Å². The summed E-state index contributed by atoms with van der Waals surface area (Å²) in [6, 6.07) is 8.07. The zero-order chi connectivity index (χ0) is 7.40. The van der Waals surface area contributed by atoms with E-state index in [2.05, 4.69) is 11.9 Å². The first-order valence-electron chi connectivity index (χ1n) is 3.06. The van der Waals surface area contributed by atoms with Gasteiger partial charge < -0.3 is 0 Å². The molecule has 0 aliphatic heterocycles. The normalized spacial score (nSPS) is 9.80. The van der Waals surface area contributed by atoms with Gasteiger partial charge >= 0.3 is 72.6 Å². The summed E-state index contributed by atoms with van der Waals surface area (Å²) < 4.78 is 0. The predicted octanol–water partition coefficient (Wildman–Crippen LogP) is 2.59. The van der Waals surface area contributed by atoms with Crippen LogP contribution < -0.4 is 0 Å². The van der Waals surface area contributed by atoms with Crippen molar-refractivity contribution in [2.75, 3.05) is 0 Å². The molecule has 0 aliphatic carbocycles. The van der Waals surface area contributed by atoms with E-state index < -0.39 is 0 Å². The third-order valence-corrected chi connectivity index (χ3v) is 2.74. The van der Waals surface area contributed by atoms with Gasteiger partial charge in [0.1, 0.15) is 0 Å². The van der Waals surface area contributed by atoms with Crippen LogP contribution in [0.15, 0.2) is 24.3 Å². The SMILES string of the molecule is C[Se]Cc1cccc(Cl)c1. The van der Waals surface area contributed by atoms with E-state index in [-0.39, 0.29) is 0 Å². The fourth-order valence-electron chi connectivity index (χ4n) is 0.793. The molecule has 0 spiro atoms. The van der Waals surface area contributed by atoms with Crippen LogP contribution in [0.3, 0.4) is 0 Å². The summed E-state index contributed by atoms with van der Waals surface area (Å²) in [7, 11) is 0. The molecule has 1 aromatic carbocycles. The van der Waals surface area contributed by atoms with Crippen molar-refractivity contribution in [3.63, 3.8) is 0 Å². The number of hydrogen-bond acceptors (Lipinski definition) is 0. The molecule has 1 aromatic rings. The van der Waals surface area contributed by atoms with Gasteiger partial charge in [-0.2, -0.15) is 0 Å². The topological polar surface area (TPSA) is 0 Å². The Kier molecular flexibility index (Phi) is 3.27. The molecule has 0 amide bonds. The fourth-order valence-corrected chi connectivity index (χ4v) is 2.08. The molecule has 0 aromatic heterocycles. The van der Waals surface area contributed by atoms with E-state index in [1.165, 1.54) is 10.9 Å². The standard InChI is InChI=1S/C8H9ClSe/c1-10-6-7-3-2-4-8(9)5-7/h2-5H,6H2,1H3. The van der Waals surface area contributed by atoms with Crippen molar-refractivity contribution in [1.29, 1.82) is 0 Å². The predicted molar refractivity (Wildman–Crippen MR) is 46.8 cm³/mol. The molecular weight excluding hydrogens is 211 g/mol. The van der Waals surface area contributed by atoms with E-state index in [9.17, 15) is 0 Å². The van der Waals surface area contributed by atoms with Gasteiger partial charge in [0.25, 0.3) is 0 Å². The Morgan fingerprint density at radius 3 is 2.90 bits per heavy atom. The average molecular weight is 220 g/mol. The van der Waals surface area contributed by atoms with Crippen molar-refractivity contribution in [2.45, 2.75) is 11.1 Å². The summed E-state index contributed by atoms with van der Waals surface area (Å²) >= 11 is 6.50. The summed E-state index contributed by atoms with van der Waals surface area (Å²) in [4.78, 5) is 0. The van der Waals surface area contributed by atoms with Gasteiger partial charge in [-0.25, -0.2) is 0 Å². The maximum absolute atomic E-state index is 5.79. The molecule has 0 fully saturated rings. The van der Waals surface area contributed by atoms with Crippen molar-refractivity contribution < 1.29 is 0 Å². The van der Waals surface area contributed by atoms with E-state index in [1.807, 2.05) is 18.2 Å². The van der Waals surface area contributed by atoms with Crippen LogP contribution in [0.2, 0.25) is 10.8 Å². The molecule has 10 heavy (non-hydrogen) atoms. The Labute approximate surface area is 72.7 Å². The van der Waals surface area contributed by atoms with Crippen molar-refractivity contribution >= 4 is 26.6 Å². The van der Waals surface area contributed by atoms with Crippen molar-refractivity contribution in [1.82, 2.24) is 0 Å². The molecule has 0 atom stereocenters. The maximum atomic E-state index is 5.79. The number of rotatable bonds is 2. The Hall–Kier alpha value is 0.0295. The molecular formula is C8H9ClSe. The van der Waals surface area contributed by atoms with Gasteiger partial charge in [0.2, 0.25) is 0 Å². The quantitative estimate of drug-likeness (QED) is 0.671. The van der Waals surface area contributed by atoms with Crippen LogP contribution in [-0.4, -0.2) is 15.0 Å². The van der Waals surface area contributed by atoms with E-state index >= 15 is 0 Å². The molecule has 54 valence electrons. The van der Waals surface area contributed by atoms with Gasteiger partial charge in [-0.1, -0.05) is 0 Å². The molecule has 0 unspecified atom stereocenters. The molecule has 0 saturated carbocycles. The molecule has 2 heteroatoms. The molecule has 0 N–H and O–H groups in total. The number of benzene rings is 1. The fraction of sp³-hybridized carbons (Fsp3) is 0.250. The van der Waals surface area contributed by atoms with Crippen molar-refractivity contribution in [3.05, 3.63) is 34.9 Å². The second kappa shape index (κ2) is 4.02. The van der Waals surface area contributed by atoms with E-state index in [0.717, 1.165) is 5.02 Å². The Morgan fingerprint density at radius 1 is 1.50 bits per heavy atom. The van der Waals surface area contributed by atoms with Gasteiger partial charge in [0, 0.05) is 0 Å². The Bertz CT molecular complexity index is 210. The Balaban J connectivity index is 2.75. The minimum absolute atomic E-state index is 0.713. The molecule has 0 radical (unpaired) electrons. The van der Waals surface area contributed by atoms with Gasteiger partial charge in [-0.05, 0) is 0 Å². The van der Waals surface area contributed by atoms with Crippen molar-refractivity contribution in [3.8, 4) is 0 Å². The molecule has 0 saturated heterocycles. The van der Waals surface area contributed by atoms with Gasteiger partial charge in [-0.3, -0.25) is 0 Å². The Morgan fingerprint density at radius 2 is 2.30 bits per heavy atom. The van der Waals surface area contributed by atoms with E-state index in [0.29, 0.717) is 15.0 Å². The van der Waals surface area contributed by atoms with Crippen LogP contribution in [0.4, 0.5) is 0 Å². The first kappa shape index (κ1) is 8.13. The molecule has 0 heterocycles. The molecule has 1 rings (SSSR count). The first-order chi connectivity index (χ1) is 4.83. The van der Waals surface area contributed by atoms with Crippen LogP contribution in [0.5, 0.6) is 0 Å². The summed E-state index contributed by atoms with van der Waals surface area (Å²) in [6.45, 7) is 0. The van der Waals surface area contributed by atoms with Crippen LogP contribution in [0.1, 0.15) is 5.56 Å². The molecule has 0 aliphatic rings. The monoisotopic (exact) mass is 220 g/mol. The van der Waals surface area contributed by atoms with Crippen molar-refractivity contribution in [2.24, 2.45) is 0 Å². The minimum atomic E-state index is 0.713. The van der Waals surface area contributed by atoms with E-state index in [1.54, 1.807) is 0 Å². The average Bonchev–Trinajstić information content (AvgIpc) is 1.88. The van der Waals surface area contributed by atoms with Crippen LogP contribution in [0.25, 0.3) is 0 Å². The second-order valence-corrected chi connectivity index (χ2v) is 4.32.